The molecule has 0 saturated heterocycles. The maximum atomic E-state index is 12.1. The molecule has 0 fully saturated rings. The van der Waals surface area contributed by atoms with E-state index in [0.717, 1.165) is 27.3 Å². The van der Waals surface area contributed by atoms with Crippen LogP contribution in [-0.2, 0) is 4.74 Å². The van der Waals surface area contributed by atoms with Gasteiger partial charge >= 0.3 is 6.09 Å². The minimum absolute atomic E-state index is 0.383. The summed E-state index contributed by atoms with van der Waals surface area (Å²) >= 11 is 6.50. The molecule has 3 rings (SSSR count). The fourth-order valence-electron chi connectivity index (χ4n) is 1.96. The van der Waals surface area contributed by atoms with E-state index >= 15 is 0 Å². The van der Waals surface area contributed by atoms with Crippen molar-refractivity contribution < 1.29 is 9.53 Å². The standard InChI is InChI=1S/C16H11BrIN3O2S/c17-12-8-6-10(7-9-12)13-15(21-24-20-13)19-16(22)23-14(18)11-4-2-1-3-5-11/h1-9,14H,(H,19,21,22)/t14-/m0/s1. The largest absolute Gasteiger partial charge is 0.430 e. The summed E-state index contributed by atoms with van der Waals surface area (Å²) in [5.41, 5.74) is 2.41. The summed E-state index contributed by atoms with van der Waals surface area (Å²) in [6.45, 7) is 0. The van der Waals surface area contributed by atoms with Gasteiger partial charge in [0.05, 0.1) is 11.7 Å². The third kappa shape index (κ3) is 4.31. The predicted molar refractivity (Wildman–Crippen MR) is 106 cm³/mol. The van der Waals surface area contributed by atoms with Crippen LogP contribution in [-0.4, -0.2) is 14.8 Å². The molecule has 5 nitrogen and oxygen atoms in total. The van der Waals surface area contributed by atoms with E-state index in [0.29, 0.717) is 11.5 Å². The number of ether oxygens (including phenoxy) is 1. The number of benzene rings is 2. The number of hydrogen-bond acceptors (Lipinski definition) is 5. The molecule has 0 aliphatic rings. The van der Waals surface area contributed by atoms with Crippen molar-refractivity contribution in [2.45, 2.75) is 4.11 Å². The summed E-state index contributed by atoms with van der Waals surface area (Å²) in [6, 6.07) is 17.2. The molecule has 3 aromatic rings. The maximum Gasteiger partial charge on any atom is 0.414 e. The molecule has 0 saturated carbocycles. The van der Waals surface area contributed by atoms with Gasteiger partial charge in [0.15, 0.2) is 9.93 Å². The average molecular weight is 516 g/mol. The second-order valence-electron chi connectivity index (χ2n) is 4.73. The van der Waals surface area contributed by atoms with Gasteiger partial charge in [-0.25, -0.2) is 4.79 Å². The van der Waals surface area contributed by atoms with Crippen molar-refractivity contribution in [1.82, 2.24) is 8.75 Å². The summed E-state index contributed by atoms with van der Waals surface area (Å²) in [6.07, 6.45) is -0.565. The molecular weight excluding hydrogens is 505 g/mol. The van der Waals surface area contributed by atoms with Crippen LogP contribution in [0.5, 0.6) is 0 Å². The summed E-state index contributed by atoms with van der Waals surface area (Å²) in [7, 11) is 0. The number of halogens is 2. The fraction of sp³-hybridized carbons (Fsp3) is 0.0625. The molecule has 1 N–H and O–H groups in total. The highest BCUT2D eigenvalue weighted by molar-refractivity contribution is 14.1. The average Bonchev–Trinajstić information content (AvgIpc) is 3.04. The van der Waals surface area contributed by atoms with Gasteiger partial charge in [-0.2, -0.15) is 8.75 Å². The van der Waals surface area contributed by atoms with Crippen molar-refractivity contribution in [2.24, 2.45) is 0 Å². The number of anilines is 1. The molecule has 0 spiro atoms. The van der Waals surface area contributed by atoms with Crippen LogP contribution in [0.1, 0.15) is 9.67 Å². The van der Waals surface area contributed by atoms with Crippen molar-refractivity contribution in [2.75, 3.05) is 5.32 Å². The van der Waals surface area contributed by atoms with E-state index in [1.54, 1.807) is 0 Å². The summed E-state index contributed by atoms with van der Waals surface area (Å²) in [5.74, 6) is 0.393. The van der Waals surface area contributed by atoms with Gasteiger partial charge in [-0.1, -0.05) is 58.4 Å². The first-order valence-electron chi connectivity index (χ1n) is 6.88. The lowest BCUT2D eigenvalue weighted by molar-refractivity contribution is 0.157. The van der Waals surface area contributed by atoms with E-state index < -0.39 is 6.09 Å². The molecule has 1 heterocycles. The lowest BCUT2D eigenvalue weighted by Gasteiger charge is -2.12. The zero-order valence-electron chi connectivity index (χ0n) is 12.1. The Kier molecular flexibility index (Phi) is 5.80. The quantitative estimate of drug-likeness (QED) is 0.360. The van der Waals surface area contributed by atoms with Gasteiger partial charge in [-0.05, 0) is 34.7 Å². The van der Waals surface area contributed by atoms with Gasteiger partial charge in [0, 0.05) is 15.6 Å². The maximum absolute atomic E-state index is 12.1. The van der Waals surface area contributed by atoms with Gasteiger partial charge in [0.2, 0.25) is 0 Å². The third-order valence-electron chi connectivity index (χ3n) is 3.10. The SMILES string of the molecule is O=C(Nc1nsnc1-c1ccc(Br)cc1)O[C@H](I)c1ccccc1. The van der Waals surface area contributed by atoms with E-state index in [9.17, 15) is 4.79 Å². The predicted octanol–water partition coefficient (Wildman–Crippen LogP) is 5.65. The van der Waals surface area contributed by atoms with E-state index in [-0.39, 0.29) is 4.11 Å². The molecule has 0 aliphatic heterocycles. The first-order valence-corrected chi connectivity index (χ1v) is 9.65. The second-order valence-corrected chi connectivity index (χ2v) is 7.30. The summed E-state index contributed by atoms with van der Waals surface area (Å²) in [5, 5.41) is 2.66. The molecule has 1 amide bonds. The Morgan fingerprint density at radius 3 is 2.54 bits per heavy atom. The summed E-state index contributed by atoms with van der Waals surface area (Å²) in [4.78, 5) is 12.1. The molecule has 122 valence electrons. The summed E-state index contributed by atoms with van der Waals surface area (Å²) < 4.78 is 14.4. The Morgan fingerprint density at radius 2 is 1.83 bits per heavy atom. The van der Waals surface area contributed by atoms with Crippen LogP contribution in [0, 0.1) is 0 Å². The molecule has 0 aliphatic carbocycles. The van der Waals surface area contributed by atoms with Gasteiger partial charge < -0.3 is 4.74 Å². The van der Waals surface area contributed by atoms with E-state index in [1.807, 2.05) is 54.6 Å². The topological polar surface area (TPSA) is 64.1 Å². The van der Waals surface area contributed by atoms with Gasteiger partial charge in [-0.3, -0.25) is 5.32 Å². The fourth-order valence-corrected chi connectivity index (χ4v) is 3.40. The molecule has 0 radical (unpaired) electrons. The van der Waals surface area contributed by atoms with Crippen LogP contribution in [0.15, 0.2) is 59.1 Å². The minimum Gasteiger partial charge on any atom is -0.430 e. The number of aromatic nitrogens is 2. The Balaban J connectivity index is 1.69. The third-order valence-corrected chi connectivity index (χ3v) is 5.13. The first-order chi connectivity index (χ1) is 11.6. The highest BCUT2D eigenvalue weighted by Gasteiger charge is 2.17. The monoisotopic (exact) mass is 515 g/mol. The smallest absolute Gasteiger partial charge is 0.414 e. The van der Waals surface area contributed by atoms with Crippen molar-refractivity contribution in [3.8, 4) is 11.3 Å². The number of nitrogens with zero attached hydrogens (tertiary/aromatic N) is 2. The molecule has 1 aromatic heterocycles. The molecular formula is C16H11BrIN3O2S. The van der Waals surface area contributed by atoms with Gasteiger partial charge in [-0.15, -0.1) is 0 Å². The van der Waals surface area contributed by atoms with Crippen molar-refractivity contribution in [1.29, 1.82) is 0 Å². The number of alkyl halides is 1. The number of rotatable bonds is 4. The number of carbonyl (C=O) groups is 1. The van der Waals surface area contributed by atoms with Crippen molar-refractivity contribution in [3.63, 3.8) is 0 Å². The molecule has 8 heteroatoms. The Morgan fingerprint density at radius 1 is 1.12 bits per heavy atom. The lowest BCUT2D eigenvalue weighted by Crippen LogP contribution is -2.15. The molecule has 0 unspecified atom stereocenters. The van der Waals surface area contributed by atoms with Crippen molar-refractivity contribution >= 4 is 62.2 Å². The van der Waals surface area contributed by atoms with Crippen LogP contribution in [0.25, 0.3) is 11.3 Å². The number of amides is 1. The Bertz CT molecular complexity index is 827. The lowest BCUT2D eigenvalue weighted by atomic mass is 10.1. The molecule has 0 bridgehead atoms. The van der Waals surface area contributed by atoms with E-state index in [1.165, 1.54) is 0 Å². The normalized spacial score (nSPS) is 11.8. The zero-order valence-corrected chi connectivity index (χ0v) is 16.7. The van der Waals surface area contributed by atoms with E-state index in [4.69, 9.17) is 4.74 Å². The Labute approximate surface area is 165 Å². The zero-order chi connectivity index (χ0) is 16.9. The second kappa shape index (κ2) is 8.04. The van der Waals surface area contributed by atoms with Crippen LogP contribution in [0.2, 0.25) is 0 Å². The van der Waals surface area contributed by atoms with Crippen LogP contribution >= 0.6 is 50.2 Å². The van der Waals surface area contributed by atoms with Crippen LogP contribution in [0.3, 0.4) is 0 Å². The van der Waals surface area contributed by atoms with Gasteiger partial charge in [0.1, 0.15) is 5.69 Å². The highest BCUT2D eigenvalue weighted by Crippen LogP contribution is 2.29. The van der Waals surface area contributed by atoms with E-state index in [2.05, 4.69) is 52.6 Å². The van der Waals surface area contributed by atoms with Gasteiger partial charge in [0.25, 0.3) is 0 Å². The first kappa shape index (κ1) is 17.3. The highest BCUT2D eigenvalue weighted by atomic mass is 127. The number of carbonyl (C=O) groups excluding carboxylic acids is 1. The Hall–Kier alpha value is -1.52. The minimum atomic E-state index is -0.565. The van der Waals surface area contributed by atoms with Crippen LogP contribution in [0.4, 0.5) is 10.6 Å². The number of nitrogens with one attached hydrogen (secondary N) is 1. The molecule has 24 heavy (non-hydrogen) atoms. The number of hydrogen-bond donors (Lipinski definition) is 1. The van der Waals surface area contributed by atoms with Crippen LogP contribution < -0.4 is 5.32 Å². The molecule has 2 aromatic carbocycles. The van der Waals surface area contributed by atoms with Crippen molar-refractivity contribution in [3.05, 3.63) is 64.6 Å². The molecule has 1 atom stereocenters.